The molecule has 7 heteroatoms. The van der Waals surface area contributed by atoms with Crippen molar-refractivity contribution in [2.45, 2.75) is 56.8 Å². The maximum absolute atomic E-state index is 14.9. The number of benzene rings is 2. The molecule has 1 aliphatic heterocycles. The fourth-order valence-corrected chi connectivity index (χ4v) is 5.48. The zero-order valence-electron chi connectivity index (χ0n) is 18.3. The van der Waals surface area contributed by atoms with Crippen molar-refractivity contribution in [2.24, 2.45) is 5.92 Å². The normalized spacial score (nSPS) is 21.5. The van der Waals surface area contributed by atoms with E-state index < -0.39 is 19.0 Å². The standard InChI is InChI=1S/C25H31BFNO4/c27-23-15-20-13-19(7-4-10-26(31)32)24(25(29)30)22(20)14-21(23)16-28-11-8-18(9-12-28)17-5-2-1-3-6-17/h1-3,5-6,14-15,18-19,24,31-32H,4,7-13,16H2,(H,29,30). The number of halogens is 1. The molecule has 2 unspecified atom stereocenters. The van der Waals surface area contributed by atoms with Crippen LogP contribution in [0.4, 0.5) is 4.39 Å². The largest absolute Gasteiger partial charge is 0.481 e. The van der Waals surface area contributed by atoms with E-state index in [4.69, 9.17) is 10.0 Å². The van der Waals surface area contributed by atoms with Gasteiger partial charge in [-0.1, -0.05) is 42.8 Å². The first kappa shape index (κ1) is 23.0. The van der Waals surface area contributed by atoms with Crippen LogP contribution in [0.3, 0.4) is 0 Å². The summed E-state index contributed by atoms with van der Waals surface area (Å²) in [5, 5.41) is 28.0. The summed E-state index contributed by atoms with van der Waals surface area (Å²) < 4.78 is 14.9. The molecule has 2 aliphatic rings. The van der Waals surface area contributed by atoms with Crippen molar-refractivity contribution >= 4 is 13.1 Å². The Hall–Kier alpha value is -2.22. The molecule has 0 aromatic heterocycles. The quantitative estimate of drug-likeness (QED) is 0.546. The number of carboxylic acids is 1. The minimum Gasteiger partial charge on any atom is -0.481 e. The van der Waals surface area contributed by atoms with Gasteiger partial charge in [-0.15, -0.1) is 0 Å². The Bertz CT molecular complexity index is 931. The van der Waals surface area contributed by atoms with E-state index in [9.17, 15) is 14.3 Å². The van der Waals surface area contributed by atoms with E-state index in [0.29, 0.717) is 37.3 Å². The molecule has 3 N–H and O–H groups in total. The lowest BCUT2D eigenvalue weighted by Crippen LogP contribution is -2.32. The van der Waals surface area contributed by atoms with E-state index in [1.807, 2.05) is 6.07 Å². The molecule has 2 atom stereocenters. The Kier molecular flexibility index (Phi) is 7.28. The Morgan fingerprint density at radius 3 is 2.50 bits per heavy atom. The van der Waals surface area contributed by atoms with Crippen LogP contribution in [0, 0.1) is 11.7 Å². The second kappa shape index (κ2) is 10.2. The molecule has 2 aromatic rings. The lowest BCUT2D eigenvalue weighted by Gasteiger charge is -2.32. The topological polar surface area (TPSA) is 81.0 Å². The zero-order valence-corrected chi connectivity index (χ0v) is 18.3. The van der Waals surface area contributed by atoms with Crippen LogP contribution in [-0.4, -0.2) is 46.2 Å². The average molecular weight is 439 g/mol. The van der Waals surface area contributed by atoms with Crippen molar-refractivity contribution in [3.8, 4) is 0 Å². The fraction of sp³-hybridized carbons (Fsp3) is 0.480. The van der Waals surface area contributed by atoms with Crippen LogP contribution >= 0.6 is 0 Å². The third-order valence-electron chi connectivity index (χ3n) is 7.15. The Labute approximate surface area is 189 Å². The van der Waals surface area contributed by atoms with Gasteiger partial charge in [-0.25, -0.2) is 4.39 Å². The van der Waals surface area contributed by atoms with Crippen LogP contribution in [-0.2, 0) is 17.8 Å². The molecule has 2 aromatic carbocycles. The number of hydrogen-bond donors (Lipinski definition) is 3. The molecule has 0 saturated carbocycles. The maximum Gasteiger partial charge on any atom is 0.451 e. The third-order valence-corrected chi connectivity index (χ3v) is 7.15. The summed E-state index contributed by atoms with van der Waals surface area (Å²) in [6, 6.07) is 13.8. The van der Waals surface area contributed by atoms with Gasteiger partial charge >= 0.3 is 13.1 Å². The Morgan fingerprint density at radius 2 is 1.84 bits per heavy atom. The molecule has 1 aliphatic carbocycles. The van der Waals surface area contributed by atoms with Crippen molar-refractivity contribution in [1.29, 1.82) is 0 Å². The predicted molar refractivity (Wildman–Crippen MR) is 122 cm³/mol. The second-order valence-electron chi connectivity index (χ2n) is 9.30. The van der Waals surface area contributed by atoms with E-state index in [0.717, 1.165) is 37.1 Å². The molecular weight excluding hydrogens is 408 g/mol. The highest BCUT2D eigenvalue weighted by atomic mass is 19.1. The first-order chi connectivity index (χ1) is 15.4. The Balaban J connectivity index is 1.42. The van der Waals surface area contributed by atoms with Gasteiger partial charge in [0.05, 0.1) is 5.92 Å². The summed E-state index contributed by atoms with van der Waals surface area (Å²) in [6.45, 7) is 2.28. The van der Waals surface area contributed by atoms with Crippen LogP contribution < -0.4 is 0 Å². The molecule has 0 amide bonds. The molecule has 4 rings (SSSR count). The highest BCUT2D eigenvalue weighted by Gasteiger charge is 2.38. The fourth-order valence-electron chi connectivity index (χ4n) is 5.48. The number of aliphatic carboxylic acids is 1. The molecule has 0 radical (unpaired) electrons. The zero-order chi connectivity index (χ0) is 22.7. The molecule has 0 spiro atoms. The summed E-state index contributed by atoms with van der Waals surface area (Å²) in [5.41, 5.74) is 3.43. The smallest absolute Gasteiger partial charge is 0.451 e. The van der Waals surface area contributed by atoms with Gasteiger partial charge in [0.1, 0.15) is 5.82 Å². The van der Waals surface area contributed by atoms with Gasteiger partial charge < -0.3 is 15.2 Å². The molecule has 0 bridgehead atoms. The molecule has 5 nitrogen and oxygen atoms in total. The maximum atomic E-state index is 14.9. The SMILES string of the molecule is O=C(O)C1c2cc(CN3CCC(c4ccccc4)CC3)c(F)cc2CC1CCCB(O)O. The first-order valence-corrected chi connectivity index (χ1v) is 11.6. The van der Waals surface area contributed by atoms with Crippen LogP contribution in [0.25, 0.3) is 0 Å². The van der Waals surface area contributed by atoms with E-state index >= 15 is 0 Å². The number of fused-ring (bicyclic) bond motifs is 1. The lowest BCUT2D eigenvalue weighted by atomic mass is 9.80. The molecule has 1 fully saturated rings. The highest BCUT2D eigenvalue weighted by molar-refractivity contribution is 6.40. The summed E-state index contributed by atoms with van der Waals surface area (Å²) in [5.74, 6) is -1.42. The van der Waals surface area contributed by atoms with Crippen LogP contribution in [0.2, 0.25) is 6.32 Å². The average Bonchev–Trinajstić information content (AvgIpc) is 3.12. The molecule has 1 saturated heterocycles. The van der Waals surface area contributed by atoms with Gasteiger partial charge in [0.2, 0.25) is 0 Å². The number of carbonyl (C=O) groups is 1. The molecule has 32 heavy (non-hydrogen) atoms. The Morgan fingerprint density at radius 1 is 1.12 bits per heavy atom. The predicted octanol–water partition coefficient (Wildman–Crippen LogP) is 3.80. The first-order valence-electron chi connectivity index (χ1n) is 11.6. The lowest BCUT2D eigenvalue weighted by molar-refractivity contribution is -0.139. The van der Waals surface area contributed by atoms with Gasteiger partial charge in [0.15, 0.2) is 0 Å². The van der Waals surface area contributed by atoms with Gasteiger partial charge in [-0.3, -0.25) is 9.69 Å². The summed E-state index contributed by atoms with van der Waals surface area (Å²) >= 11 is 0. The van der Waals surface area contributed by atoms with Gasteiger partial charge in [0, 0.05) is 12.1 Å². The number of hydrogen-bond acceptors (Lipinski definition) is 4. The van der Waals surface area contributed by atoms with Gasteiger partial charge in [0.25, 0.3) is 0 Å². The van der Waals surface area contributed by atoms with E-state index in [1.54, 1.807) is 6.07 Å². The molecule has 1 heterocycles. The van der Waals surface area contributed by atoms with Gasteiger partial charge in [-0.2, -0.15) is 0 Å². The number of piperidine rings is 1. The van der Waals surface area contributed by atoms with Crippen LogP contribution in [0.5, 0.6) is 0 Å². The van der Waals surface area contributed by atoms with E-state index in [1.165, 1.54) is 11.6 Å². The van der Waals surface area contributed by atoms with Crippen molar-refractivity contribution in [2.75, 3.05) is 13.1 Å². The van der Waals surface area contributed by atoms with Crippen LogP contribution in [0.1, 0.15) is 59.8 Å². The number of likely N-dealkylation sites (tertiary alicyclic amines) is 1. The minimum atomic E-state index is -1.38. The monoisotopic (exact) mass is 439 g/mol. The van der Waals surface area contributed by atoms with Crippen molar-refractivity contribution in [3.63, 3.8) is 0 Å². The van der Waals surface area contributed by atoms with Crippen LogP contribution in [0.15, 0.2) is 42.5 Å². The van der Waals surface area contributed by atoms with Gasteiger partial charge in [-0.05, 0) is 79.7 Å². The summed E-state index contributed by atoms with van der Waals surface area (Å²) in [6.07, 6.45) is 3.92. The van der Waals surface area contributed by atoms with Crippen molar-refractivity contribution in [3.05, 3.63) is 70.5 Å². The molecular formula is C25H31BFNO4. The summed E-state index contributed by atoms with van der Waals surface area (Å²) in [4.78, 5) is 14.3. The number of rotatable bonds is 8. The highest BCUT2D eigenvalue weighted by Crippen LogP contribution is 2.42. The van der Waals surface area contributed by atoms with E-state index in [-0.39, 0.29) is 18.1 Å². The van der Waals surface area contributed by atoms with Crippen molar-refractivity contribution < 1.29 is 24.3 Å². The second-order valence-corrected chi connectivity index (χ2v) is 9.30. The minimum absolute atomic E-state index is 0.141. The van der Waals surface area contributed by atoms with Crippen molar-refractivity contribution in [1.82, 2.24) is 4.90 Å². The van der Waals surface area contributed by atoms with E-state index in [2.05, 4.69) is 29.2 Å². The number of nitrogens with zero attached hydrogens (tertiary/aromatic N) is 1. The third kappa shape index (κ3) is 5.22. The summed E-state index contributed by atoms with van der Waals surface area (Å²) in [7, 11) is -1.38. The number of carboxylic acid groups (broad SMARTS) is 1. The molecule has 170 valence electrons.